The Labute approximate surface area is 374 Å². The summed E-state index contributed by atoms with van der Waals surface area (Å²) >= 11 is 1.55. The molecule has 0 unspecified atom stereocenters. The van der Waals surface area contributed by atoms with Gasteiger partial charge >= 0.3 is 6.18 Å². The molecule has 4 aromatic rings. The fourth-order valence-electron chi connectivity index (χ4n) is 7.13. The summed E-state index contributed by atoms with van der Waals surface area (Å²) in [6, 6.07) is 6.93. The number of unbranched alkanes of at least 4 members (excludes halogenated alkanes) is 3. The Bertz CT molecular complexity index is 2500. The number of rotatable bonds is 15. The number of thiazole rings is 1. The van der Waals surface area contributed by atoms with Gasteiger partial charge < -0.3 is 25.7 Å². The monoisotopic (exact) mass is 932 g/mol. The number of nitrogens with zero attached hydrogens (tertiary/aromatic N) is 2. The minimum atomic E-state index is -4.82. The van der Waals surface area contributed by atoms with Crippen molar-refractivity contribution >= 4 is 55.7 Å². The number of halogens is 4. The van der Waals surface area contributed by atoms with Gasteiger partial charge in [-0.25, -0.2) is 17.8 Å². The van der Waals surface area contributed by atoms with Crippen LogP contribution in [0.15, 0.2) is 58.7 Å². The summed E-state index contributed by atoms with van der Waals surface area (Å²) in [7, 11) is -1.74. The summed E-state index contributed by atoms with van der Waals surface area (Å²) in [5.74, 6) is -1.51. The van der Waals surface area contributed by atoms with Gasteiger partial charge in [0.15, 0.2) is 5.43 Å². The number of fused-ring (bicyclic) bond motifs is 1. The molecule has 1 saturated heterocycles. The van der Waals surface area contributed by atoms with Crippen molar-refractivity contribution in [3.63, 3.8) is 0 Å². The van der Waals surface area contributed by atoms with Crippen LogP contribution in [0.25, 0.3) is 21.6 Å². The number of aromatic nitrogens is 2. The van der Waals surface area contributed by atoms with Crippen LogP contribution in [0.3, 0.4) is 0 Å². The van der Waals surface area contributed by atoms with Crippen molar-refractivity contribution in [1.82, 2.24) is 19.6 Å². The summed E-state index contributed by atoms with van der Waals surface area (Å²) in [6.45, 7) is 8.39. The second kappa shape index (κ2) is 21.6. The van der Waals surface area contributed by atoms with Gasteiger partial charge in [0.05, 0.1) is 41.4 Å². The molecule has 19 heteroatoms. The van der Waals surface area contributed by atoms with E-state index < -0.39 is 45.4 Å². The summed E-state index contributed by atoms with van der Waals surface area (Å²) in [5, 5.41) is 5.74. The molecule has 1 aliphatic heterocycles. The van der Waals surface area contributed by atoms with Crippen molar-refractivity contribution in [1.29, 1.82) is 0 Å². The van der Waals surface area contributed by atoms with Gasteiger partial charge in [0, 0.05) is 40.5 Å². The number of methoxy groups -OCH3 is 1. The first kappa shape index (κ1) is 49.7. The minimum absolute atomic E-state index is 0.00389. The molecule has 64 heavy (non-hydrogen) atoms. The molecular formula is C45H56F4N6O7S2. The van der Waals surface area contributed by atoms with E-state index in [1.54, 1.807) is 30.6 Å². The van der Waals surface area contributed by atoms with Crippen molar-refractivity contribution in [3.8, 4) is 16.5 Å². The molecule has 2 saturated carbocycles. The number of allylic oxidation sites excluding steroid dienone is 2. The van der Waals surface area contributed by atoms with Gasteiger partial charge in [0.25, 0.3) is 0 Å². The number of alkyl halides is 3. The quantitative estimate of drug-likeness (QED) is 0.0517. The van der Waals surface area contributed by atoms with Crippen LogP contribution in [-0.4, -0.2) is 72.5 Å². The standard InChI is InChI=1S/C17H18N2O2S.C14H15F4N3O2.C14H23NO3S/c1-9(2)13-8-22-17(19-13)12-7-14(20)11-5-6-15(21-4)10(3)16(11)18-12;15-10-4-3-8(6-9(10)14(16,17)18)20-7-12(22)21-5-1-2-11(21)13(19)23;1-2-3-4-5-6-7-11-10-13(11)14(16)15-19(17,18)12-8-9-12/h5-9H,1-4H3,(H,18,20);3-4,6,11,20H,1-2,5,7H2,(H2,19,23);6-7,11-13H,2-5,8-10H2,1H3,(H,15,16)/b;;7-6-/t;11-;11-,13+/m.01/s1. The van der Waals surface area contributed by atoms with Crippen molar-refractivity contribution in [3.05, 3.63) is 86.8 Å². The molecule has 2 aromatic heterocycles. The van der Waals surface area contributed by atoms with E-state index in [0.29, 0.717) is 55.7 Å². The first-order chi connectivity index (χ1) is 30.2. The second-order valence-corrected chi connectivity index (χ2v) is 19.2. The van der Waals surface area contributed by atoms with Gasteiger partial charge in [-0.05, 0) is 94.0 Å². The molecule has 5 N–H and O–H groups in total. The summed E-state index contributed by atoms with van der Waals surface area (Å²) in [5.41, 5.74) is 7.28. The van der Waals surface area contributed by atoms with E-state index in [1.165, 1.54) is 24.2 Å². The van der Waals surface area contributed by atoms with E-state index in [0.717, 1.165) is 52.1 Å². The number of aryl methyl sites for hydroxylation is 1. The topological polar surface area (TPSA) is 194 Å². The third-order valence-corrected chi connectivity index (χ3v) is 13.9. The summed E-state index contributed by atoms with van der Waals surface area (Å²) in [6.07, 6.45) is 7.33. The molecule has 2 aromatic carbocycles. The average molecular weight is 933 g/mol. The van der Waals surface area contributed by atoms with Crippen molar-refractivity contribution < 1.29 is 45.1 Å². The smallest absolute Gasteiger partial charge is 0.419 e. The van der Waals surface area contributed by atoms with Gasteiger partial charge in [0.2, 0.25) is 27.7 Å². The predicted molar refractivity (Wildman–Crippen MR) is 240 cm³/mol. The first-order valence-corrected chi connectivity index (χ1v) is 23.8. The maximum atomic E-state index is 13.2. The fourth-order valence-corrected chi connectivity index (χ4v) is 9.44. The molecule has 348 valence electrons. The Morgan fingerprint density at radius 1 is 1.11 bits per heavy atom. The van der Waals surface area contributed by atoms with Crippen molar-refractivity contribution in [2.75, 3.05) is 25.5 Å². The zero-order valence-electron chi connectivity index (χ0n) is 36.5. The van der Waals surface area contributed by atoms with Gasteiger partial charge in [-0.15, -0.1) is 11.3 Å². The van der Waals surface area contributed by atoms with Crippen LogP contribution in [-0.2, 0) is 30.6 Å². The Balaban J connectivity index is 0.000000181. The molecule has 0 radical (unpaired) electrons. The van der Waals surface area contributed by atoms with Crippen LogP contribution in [0.5, 0.6) is 5.75 Å². The number of amides is 3. The lowest BCUT2D eigenvalue weighted by Gasteiger charge is -2.22. The molecule has 0 bridgehead atoms. The van der Waals surface area contributed by atoms with E-state index in [2.05, 4.69) is 52.9 Å². The molecule has 2 aliphatic carbocycles. The molecule has 7 rings (SSSR count). The molecule has 3 amide bonds. The third kappa shape index (κ3) is 13.1. The average Bonchev–Trinajstić information content (AvgIpc) is 4.14. The number of aromatic amines is 1. The normalized spacial score (nSPS) is 18.3. The van der Waals surface area contributed by atoms with E-state index in [9.17, 15) is 45.2 Å². The van der Waals surface area contributed by atoms with Gasteiger partial charge in [-0.2, -0.15) is 13.2 Å². The summed E-state index contributed by atoms with van der Waals surface area (Å²) < 4.78 is 81.8. The van der Waals surface area contributed by atoms with Crippen LogP contribution in [0, 0.1) is 24.6 Å². The van der Waals surface area contributed by atoms with Crippen molar-refractivity contribution in [2.45, 2.75) is 109 Å². The molecule has 3 atom stereocenters. The van der Waals surface area contributed by atoms with Crippen LogP contribution < -0.4 is 25.9 Å². The molecule has 0 spiro atoms. The van der Waals surface area contributed by atoms with Gasteiger partial charge in [-0.1, -0.05) is 45.8 Å². The molecule has 3 fully saturated rings. The lowest BCUT2D eigenvalue weighted by molar-refractivity contribution is -0.140. The number of carbonyl (C=O) groups excluding carboxylic acids is 3. The number of primary amides is 1. The third-order valence-electron chi connectivity index (χ3n) is 11.1. The van der Waals surface area contributed by atoms with Crippen LogP contribution in [0.4, 0.5) is 23.2 Å². The zero-order chi connectivity index (χ0) is 46.9. The number of anilines is 1. The first-order valence-electron chi connectivity index (χ1n) is 21.3. The minimum Gasteiger partial charge on any atom is -0.496 e. The SMILES string of the molecule is CCCCC/C=C\[C@@H]1C[C@@H]1C(=O)NS(=O)(=O)C1CC1.COc1ccc2c(=O)cc(-c3nc(C(C)C)cs3)[nH]c2c1C.NC(=O)[C@@H]1CCCN1C(=O)CNc1ccc(F)c(C(F)(F)F)c1. The predicted octanol–water partition coefficient (Wildman–Crippen LogP) is 8.19. The van der Waals surface area contributed by atoms with E-state index in [-0.39, 0.29) is 40.7 Å². The van der Waals surface area contributed by atoms with E-state index in [1.807, 2.05) is 18.4 Å². The lowest BCUT2D eigenvalue weighted by atomic mass is 10.1. The number of likely N-dealkylation sites (tertiary alicyclic amines) is 1. The highest BCUT2D eigenvalue weighted by Gasteiger charge is 2.45. The van der Waals surface area contributed by atoms with Gasteiger partial charge in [0.1, 0.15) is 22.6 Å². The van der Waals surface area contributed by atoms with Crippen LogP contribution >= 0.6 is 11.3 Å². The second-order valence-electron chi connectivity index (χ2n) is 16.4. The number of sulfonamides is 1. The van der Waals surface area contributed by atoms with Gasteiger partial charge in [-0.3, -0.25) is 23.9 Å². The van der Waals surface area contributed by atoms with Crippen molar-refractivity contribution in [2.24, 2.45) is 17.6 Å². The number of ether oxygens (including phenoxy) is 1. The summed E-state index contributed by atoms with van der Waals surface area (Å²) in [4.78, 5) is 56.7. The highest BCUT2D eigenvalue weighted by molar-refractivity contribution is 7.90. The molecule has 3 heterocycles. The fraction of sp³-hybridized carbons (Fsp3) is 0.489. The number of benzene rings is 2. The number of hydrogen-bond donors (Lipinski definition) is 4. The largest absolute Gasteiger partial charge is 0.496 e. The zero-order valence-corrected chi connectivity index (χ0v) is 38.2. The Kier molecular flexibility index (Phi) is 16.8. The highest BCUT2D eigenvalue weighted by atomic mass is 32.2. The Hall–Kier alpha value is -5.30. The molecular weight excluding hydrogens is 877 g/mol. The Morgan fingerprint density at radius 2 is 1.84 bits per heavy atom. The van der Waals surface area contributed by atoms with E-state index >= 15 is 0 Å². The number of carbonyl (C=O) groups is 3. The van der Waals surface area contributed by atoms with E-state index in [4.69, 9.17) is 10.5 Å². The lowest BCUT2D eigenvalue weighted by Crippen LogP contribution is -2.45. The number of nitrogens with one attached hydrogen (secondary N) is 3. The maximum Gasteiger partial charge on any atom is 0.419 e. The van der Waals surface area contributed by atoms with Crippen LogP contribution in [0.1, 0.15) is 101 Å². The maximum absolute atomic E-state index is 13.2. The van der Waals surface area contributed by atoms with Crippen LogP contribution in [0.2, 0.25) is 0 Å². The Morgan fingerprint density at radius 3 is 2.47 bits per heavy atom. The number of H-pyrrole nitrogens is 1. The number of hydrogen-bond acceptors (Lipinski definition) is 10. The number of pyridine rings is 1. The molecule has 13 nitrogen and oxygen atoms in total. The number of nitrogens with two attached hydrogens (primary N) is 1. The highest BCUT2D eigenvalue weighted by Crippen LogP contribution is 2.41. The molecule has 3 aliphatic rings.